The zero-order chi connectivity index (χ0) is 14.9. The molecule has 0 fully saturated rings. The molecule has 0 unspecified atom stereocenters. The van der Waals surface area contributed by atoms with E-state index in [4.69, 9.17) is 4.74 Å². The van der Waals surface area contributed by atoms with Gasteiger partial charge < -0.3 is 4.74 Å². The molecule has 1 heteroatoms. The van der Waals surface area contributed by atoms with Crippen molar-refractivity contribution >= 4 is 0 Å². The molecule has 0 aliphatic carbocycles. The summed E-state index contributed by atoms with van der Waals surface area (Å²) in [5, 5.41) is 0. The van der Waals surface area contributed by atoms with Crippen LogP contribution in [-0.2, 0) is 6.42 Å². The van der Waals surface area contributed by atoms with E-state index in [1.165, 1.54) is 5.56 Å². The van der Waals surface area contributed by atoms with Gasteiger partial charge in [-0.25, -0.2) is 0 Å². The molecule has 0 bridgehead atoms. The number of benzene rings is 2. The number of hydrogen-bond donors (Lipinski definition) is 0. The zero-order valence-electron chi connectivity index (χ0n) is 12.9. The van der Waals surface area contributed by atoms with E-state index in [-0.39, 0.29) is 0 Å². The van der Waals surface area contributed by atoms with E-state index in [9.17, 15) is 0 Å². The van der Waals surface area contributed by atoms with Crippen molar-refractivity contribution in [2.24, 2.45) is 0 Å². The van der Waals surface area contributed by atoms with E-state index in [0.717, 1.165) is 42.7 Å². The Morgan fingerprint density at radius 3 is 1.90 bits per heavy atom. The molecule has 0 aromatic heterocycles. The standard InChI is InChI=1S/C20H22O/c1-3-5-16-21-20-14-12-19(13-15-20)11-10-18-8-6-17(4-2)7-9-18/h6-9,12-15H,3-5,16H2,1-2H3. The van der Waals surface area contributed by atoms with E-state index < -0.39 is 0 Å². The van der Waals surface area contributed by atoms with Crippen LogP contribution in [0.2, 0.25) is 0 Å². The molecule has 108 valence electrons. The molecule has 1 nitrogen and oxygen atoms in total. The smallest absolute Gasteiger partial charge is 0.119 e. The molecule has 2 aromatic rings. The molecule has 21 heavy (non-hydrogen) atoms. The van der Waals surface area contributed by atoms with Crippen LogP contribution in [-0.4, -0.2) is 6.61 Å². The molecule has 0 spiro atoms. The molecule has 2 aromatic carbocycles. The summed E-state index contributed by atoms with van der Waals surface area (Å²) in [6.07, 6.45) is 3.31. The average molecular weight is 278 g/mol. The fraction of sp³-hybridized carbons (Fsp3) is 0.300. The molecular formula is C20H22O. The van der Waals surface area contributed by atoms with Crippen molar-refractivity contribution in [1.82, 2.24) is 0 Å². The molecule has 0 radical (unpaired) electrons. The summed E-state index contributed by atoms with van der Waals surface area (Å²) in [5.41, 5.74) is 3.40. The Labute approximate surface area is 128 Å². The van der Waals surface area contributed by atoms with Gasteiger partial charge in [0.1, 0.15) is 5.75 Å². The fourth-order valence-electron chi connectivity index (χ4n) is 1.94. The minimum Gasteiger partial charge on any atom is -0.494 e. The van der Waals surface area contributed by atoms with Gasteiger partial charge in [0.05, 0.1) is 6.61 Å². The summed E-state index contributed by atoms with van der Waals surface area (Å²) in [7, 11) is 0. The summed E-state index contributed by atoms with van der Waals surface area (Å²) in [6, 6.07) is 16.4. The highest BCUT2D eigenvalue weighted by Crippen LogP contribution is 2.12. The van der Waals surface area contributed by atoms with E-state index in [2.05, 4.69) is 50.0 Å². The third-order valence-corrected chi connectivity index (χ3v) is 3.33. The lowest BCUT2D eigenvalue weighted by Crippen LogP contribution is -1.95. The van der Waals surface area contributed by atoms with Crippen molar-refractivity contribution in [3.05, 3.63) is 65.2 Å². The summed E-state index contributed by atoms with van der Waals surface area (Å²) in [4.78, 5) is 0. The highest BCUT2D eigenvalue weighted by Gasteiger charge is 1.94. The Morgan fingerprint density at radius 1 is 0.810 bits per heavy atom. The van der Waals surface area contributed by atoms with Gasteiger partial charge in [0.2, 0.25) is 0 Å². The Hall–Kier alpha value is -2.20. The molecule has 0 N–H and O–H groups in total. The van der Waals surface area contributed by atoms with Crippen LogP contribution in [0.25, 0.3) is 0 Å². The van der Waals surface area contributed by atoms with Crippen LogP contribution in [0.3, 0.4) is 0 Å². The largest absolute Gasteiger partial charge is 0.494 e. The molecule has 0 saturated heterocycles. The summed E-state index contributed by atoms with van der Waals surface area (Å²) in [6.45, 7) is 5.10. The molecule has 0 saturated carbocycles. The lowest BCUT2D eigenvalue weighted by Gasteiger charge is -2.04. The molecule has 0 amide bonds. The van der Waals surface area contributed by atoms with Gasteiger partial charge in [-0.2, -0.15) is 0 Å². The minimum atomic E-state index is 0.783. The van der Waals surface area contributed by atoms with E-state index in [0.29, 0.717) is 0 Å². The summed E-state index contributed by atoms with van der Waals surface area (Å²) < 4.78 is 5.64. The van der Waals surface area contributed by atoms with Crippen LogP contribution < -0.4 is 4.74 Å². The third kappa shape index (κ3) is 5.00. The first-order chi connectivity index (χ1) is 10.3. The van der Waals surface area contributed by atoms with Gasteiger partial charge in [0, 0.05) is 11.1 Å². The monoisotopic (exact) mass is 278 g/mol. The molecular weight excluding hydrogens is 256 g/mol. The van der Waals surface area contributed by atoms with Crippen molar-refractivity contribution < 1.29 is 4.74 Å². The Kier molecular flexibility index (Phi) is 5.91. The lowest BCUT2D eigenvalue weighted by atomic mass is 10.1. The quantitative estimate of drug-likeness (QED) is 0.562. The van der Waals surface area contributed by atoms with Gasteiger partial charge >= 0.3 is 0 Å². The Bertz CT molecular complexity index is 597. The van der Waals surface area contributed by atoms with Crippen LogP contribution in [0.5, 0.6) is 5.75 Å². The van der Waals surface area contributed by atoms with Gasteiger partial charge in [-0.15, -0.1) is 0 Å². The minimum absolute atomic E-state index is 0.783. The van der Waals surface area contributed by atoms with Gasteiger partial charge in [-0.3, -0.25) is 0 Å². The van der Waals surface area contributed by atoms with Crippen molar-refractivity contribution in [2.75, 3.05) is 6.61 Å². The summed E-state index contributed by atoms with van der Waals surface area (Å²) >= 11 is 0. The first-order valence-corrected chi connectivity index (χ1v) is 7.65. The second-order valence-electron chi connectivity index (χ2n) is 5.03. The molecule has 0 heterocycles. The maximum Gasteiger partial charge on any atom is 0.119 e. The number of ether oxygens (including phenoxy) is 1. The Balaban J connectivity index is 1.98. The predicted octanol–water partition coefficient (Wildman–Crippen LogP) is 4.83. The number of unbranched alkanes of at least 4 members (excludes halogenated alkanes) is 1. The van der Waals surface area contributed by atoms with Gasteiger partial charge in [-0.1, -0.05) is 44.2 Å². The van der Waals surface area contributed by atoms with E-state index in [1.54, 1.807) is 0 Å². The van der Waals surface area contributed by atoms with Gasteiger partial charge in [-0.05, 0) is 54.8 Å². The van der Waals surface area contributed by atoms with Crippen LogP contribution >= 0.6 is 0 Å². The van der Waals surface area contributed by atoms with Crippen molar-refractivity contribution in [2.45, 2.75) is 33.1 Å². The zero-order valence-corrected chi connectivity index (χ0v) is 12.9. The van der Waals surface area contributed by atoms with Crippen LogP contribution in [0.15, 0.2) is 48.5 Å². The predicted molar refractivity (Wildman–Crippen MR) is 88.6 cm³/mol. The van der Waals surface area contributed by atoms with Crippen molar-refractivity contribution in [3.63, 3.8) is 0 Å². The van der Waals surface area contributed by atoms with Gasteiger partial charge in [0.25, 0.3) is 0 Å². The maximum absolute atomic E-state index is 5.64. The number of hydrogen-bond acceptors (Lipinski definition) is 1. The topological polar surface area (TPSA) is 9.23 Å². The molecule has 0 aliphatic heterocycles. The molecule has 0 atom stereocenters. The SMILES string of the molecule is CCCCOc1ccc(C#Cc2ccc(CC)cc2)cc1. The first kappa shape index (κ1) is 15.2. The van der Waals surface area contributed by atoms with Crippen LogP contribution in [0.4, 0.5) is 0 Å². The second-order valence-corrected chi connectivity index (χ2v) is 5.03. The van der Waals surface area contributed by atoms with Crippen molar-refractivity contribution in [1.29, 1.82) is 0 Å². The fourth-order valence-corrected chi connectivity index (χ4v) is 1.94. The average Bonchev–Trinajstić information content (AvgIpc) is 2.55. The highest BCUT2D eigenvalue weighted by atomic mass is 16.5. The number of rotatable bonds is 5. The van der Waals surface area contributed by atoms with Crippen LogP contribution in [0, 0.1) is 11.8 Å². The molecule has 2 rings (SSSR count). The maximum atomic E-state index is 5.64. The number of aryl methyl sites for hydroxylation is 1. The third-order valence-electron chi connectivity index (χ3n) is 3.33. The summed E-state index contributed by atoms with van der Waals surface area (Å²) in [5.74, 6) is 7.30. The first-order valence-electron chi connectivity index (χ1n) is 7.65. The second kappa shape index (κ2) is 8.17. The van der Waals surface area contributed by atoms with E-state index >= 15 is 0 Å². The van der Waals surface area contributed by atoms with Crippen molar-refractivity contribution in [3.8, 4) is 17.6 Å². The van der Waals surface area contributed by atoms with Crippen LogP contribution in [0.1, 0.15) is 43.4 Å². The Morgan fingerprint density at radius 2 is 1.38 bits per heavy atom. The van der Waals surface area contributed by atoms with Gasteiger partial charge in [0.15, 0.2) is 0 Å². The molecule has 0 aliphatic rings. The highest BCUT2D eigenvalue weighted by molar-refractivity contribution is 5.44. The normalized spacial score (nSPS) is 9.81. The van der Waals surface area contributed by atoms with E-state index in [1.807, 2.05) is 24.3 Å². The lowest BCUT2D eigenvalue weighted by molar-refractivity contribution is 0.309.